The number of hydrogen-bond acceptors (Lipinski definition) is 1. The molecule has 0 aliphatic heterocycles. The molecule has 0 heterocycles. The number of rotatable bonds is 1. The maximum Gasteiger partial charge on any atom is -0.0506 e. The Balaban J connectivity index is 2.60. The van der Waals surface area contributed by atoms with Crippen molar-refractivity contribution in [2.24, 2.45) is 5.73 Å². The quantitative estimate of drug-likeness (QED) is 0.545. The molecule has 2 N–H and O–H groups in total. The molecule has 0 fully saturated rings. The van der Waals surface area contributed by atoms with E-state index in [2.05, 4.69) is 13.0 Å². The topological polar surface area (TPSA) is 26.0 Å². The van der Waals surface area contributed by atoms with Gasteiger partial charge in [-0.3, -0.25) is 0 Å². The predicted octanol–water partition coefficient (Wildman–Crippen LogP) is 1.94. The average Bonchev–Trinajstić information content (AvgIpc) is 1.95. The smallest absolute Gasteiger partial charge is 0.0506 e. The minimum absolute atomic E-state index is 0.827. The summed E-state index contributed by atoms with van der Waals surface area (Å²) in [5.41, 5.74) is 7.58. The highest BCUT2D eigenvalue weighted by Gasteiger charge is 1.86. The molecule has 54 valence electrons. The van der Waals surface area contributed by atoms with Gasteiger partial charge in [-0.05, 0) is 0 Å². The largest absolute Gasteiger partial charge is 0.436 e. The lowest BCUT2D eigenvalue weighted by molar-refractivity contribution is 1.20. The zero-order valence-electron chi connectivity index (χ0n) is 6.17. The summed E-state index contributed by atoms with van der Waals surface area (Å²) in [4.78, 5) is 0. The zero-order chi connectivity index (χ0) is 7.40. The predicted molar refractivity (Wildman–Crippen MR) is 44.1 cm³/mol. The summed E-state index contributed by atoms with van der Waals surface area (Å²) in [5, 5.41) is 0. The van der Waals surface area contributed by atoms with Gasteiger partial charge < -0.3 is 5.73 Å². The number of nitrogens with two attached hydrogens (primary N) is 1. The van der Waals surface area contributed by atoms with Gasteiger partial charge in [0.2, 0.25) is 0 Å². The van der Waals surface area contributed by atoms with E-state index >= 15 is 0 Å². The Morgan fingerprint density at radius 1 is 1.60 bits per heavy atom. The molecule has 1 rings (SSSR count). The molecule has 0 saturated heterocycles. The minimum Gasteiger partial charge on any atom is -0.436 e. The molecule has 0 spiro atoms. The molecule has 1 aliphatic rings. The highest BCUT2D eigenvalue weighted by Crippen LogP contribution is 2.11. The Labute approximate surface area is 61.9 Å². The van der Waals surface area contributed by atoms with Gasteiger partial charge in [0.1, 0.15) is 0 Å². The van der Waals surface area contributed by atoms with Gasteiger partial charge in [-0.1, -0.05) is 19.0 Å². The van der Waals surface area contributed by atoms with Crippen LogP contribution >= 0.6 is 0 Å². The molecular formula is C9H12N-. The van der Waals surface area contributed by atoms with Crippen LogP contribution in [0.25, 0.3) is 0 Å². The Morgan fingerprint density at radius 2 is 2.40 bits per heavy atom. The second-order valence-electron chi connectivity index (χ2n) is 2.28. The maximum absolute atomic E-state index is 5.51. The van der Waals surface area contributed by atoms with E-state index in [0.29, 0.717) is 0 Å². The van der Waals surface area contributed by atoms with Crippen LogP contribution in [0.3, 0.4) is 0 Å². The molecule has 0 bridgehead atoms. The molecule has 1 nitrogen and oxygen atoms in total. The fraction of sp³-hybridized carbons (Fsp3) is 0.222. The van der Waals surface area contributed by atoms with Crippen LogP contribution in [0.2, 0.25) is 0 Å². The first-order chi connectivity index (χ1) is 4.83. The maximum atomic E-state index is 5.51. The first kappa shape index (κ1) is 7.00. The van der Waals surface area contributed by atoms with Crippen molar-refractivity contribution in [3.63, 3.8) is 0 Å². The molecule has 0 aromatic carbocycles. The summed E-state index contributed by atoms with van der Waals surface area (Å²) >= 11 is 0. The van der Waals surface area contributed by atoms with E-state index in [4.69, 9.17) is 5.73 Å². The third-order valence-electron chi connectivity index (χ3n) is 1.38. The zero-order valence-corrected chi connectivity index (χ0v) is 6.17. The van der Waals surface area contributed by atoms with Crippen LogP contribution in [-0.2, 0) is 0 Å². The van der Waals surface area contributed by atoms with Crippen molar-refractivity contribution in [1.82, 2.24) is 0 Å². The summed E-state index contributed by atoms with van der Waals surface area (Å²) in [6.07, 6.45) is 11.1. The van der Waals surface area contributed by atoms with Crippen LogP contribution in [0.5, 0.6) is 0 Å². The van der Waals surface area contributed by atoms with E-state index in [-0.39, 0.29) is 0 Å². The molecule has 10 heavy (non-hydrogen) atoms. The molecule has 0 radical (unpaired) electrons. The third-order valence-corrected chi connectivity index (χ3v) is 1.38. The summed E-state index contributed by atoms with van der Waals surface area (Å²) in [6, 6.07) is 0. The van der Waals surface area contributed by atoms with Gasteiger partial charge in [0, 0.05) is 0 Å². The Bertz CT molecular complexity index is 197. The second kappa shape index (κ2) is 3.16. The Morgan fingerprint density at radius 3 is 2.90 bits per heavy atom. The average molecular weight is 134 g/mol. The van der Waals surface area contributed by atoms with Crippen molar-refractivity contribution >= 4 is 0 Å². The molecular weight excluding hydrogens is 122 g/mol. The van der Waals surface area contributed by atoms with Crippen molar-refractivity contribution in [3.05, 3.63) is 42.0 Å². The van der Waals surface area contributed by atoms with Crippen LogP contribution in [0, 0.1) is 6.42 Å². The molecule has 0 unspecified atom stereocenters. The van der Waals surface area contributed by atoms with Gasteiger partial charge in [0.25, 0.3) is 0 Å². The van der Waals surface area contributed by atoms with E-state index in [1.54, 1.807) is 0 Å². The van der Waals surface area contributed by atoms with Crippen LogP contribution < -0.4 is 5.73 Å². The molecule has 1 heteroatoms. The van der Waals surface area contributed by atoms with E-state index < -0.39 is 0 Å². The van der Waals surface area contributed by atoms with Crippen LogP contribution in [0.1, 0.15) is 13.3 Å². The molecule has 0 atom stereocenters. The van der Waals surface area contributed by atoms with Crippen molar-refractivity contribution in [1.29, 1.82) is 0 Å². The second-order valence-corrected chi connectivity index (χ2v) is 2.28. The summed E-state index contributed by atoms with van der Waals surface area (Å²) in [5.74, 6) is 0. The van der Waals surface area contributed by atoms with Crippen LogP contribution in [-0.4, -0.2) is 0 Å². The summed E-state index contributed by atoms with van der Waals surface area (Å²) in [6.45, 7) is 2.12. The fourth-order valence-corrected chi connectivity index (χ4v) is 0.868. The van der Waals surface area contributed by atoms with Crippen LogP contribution in [0.15, 0.2) is 35.6 Å². The SMILES string of the molecule is CCC=C1C=CC(N)=C[CH-]1. The highest BCUT2D eigenvalue weighted by atomic mass is 14.6. The highest BCUT2D eigenvalue weighted by molar-refractivity contribution is 5.41. The summed E-state index contributed by atoms with van der Waals surface area (Å²) in [7, 11) is 0. The molecule has 1 aliphatic carbocycles. The van der Waals surface area contributed by atoms with Gasteiger partial charge in [0.05, 0.1) is 0 Å². The van der Waals surface area contributed by atoms with Gasteiger partial charge in [-0.15, -0.1) is 24.6 Å². The van der Waals surface area contributed by atoms with Gasteiger partial charge in [-0.2, -0.15) is 11.6 Å². The Kier molecular flexibility index (Phi) is 2.21. The monoisotopic (exact) mass is 134 g/mol. The fourth-order valence-electron chi connectivity index (χ4n) is 0.868. The van der Waals surface area contributed by atoms with Crippen molar-refractivity contribution < 1.29 is 0 Å². The number of hydrogen-bond donors (Lipinski definition) is 1. The molecule has 0 aromatic heterocycles. The van der Waals surface area contributed by atoms with E-state index in [1.165, 1.54) is 5.57 Å². The summed E-state index contributed by atoms with van der Waals surface area (Å²) < 4.78 is 0. The van der Waals surface area contributed by atoms with E-state index in [9.17, 15) is 0 Å². The molecule has 0 saturated carbocycles. The minimum atomic E-state index is 0.827. The lowest BCUT2D eigenvalue weighted by atomic mass is 10.1. The van der Waals surface area contributed by atoms with Crippen molar-refractivity contribution in [3.8, 4) is 0 Å². The Hall–Kier alpha value is -1.11. The third kappa shape index (κ3) is 1.69. The van der Waals surface area contributed by atoms with Crippen molar-refractivity contribution in [2.75, 3.05) is 0 Å². The number of allylic oxidation sites excluding steroid dienone is 5. The normalized spacial score (nSPS) is 20.5. The lowest BCUT2D eigenvalue weighted by Crippen LogP contribution is -1.97. The van der Waals surface area contributed by atoms with Gasteiger partial charge >= 0.3 is 0 Å². The van der Waals surface area contributed by atoms with Crippen LogP contribution in [0.4, 0.5) is 0 Å². The van der Waals surface area contributed by atoms with E-state index in [0.717, 1.165) is 12.1 Å². The van der Waals surface area contributed by atoms with E-state index in [1.807, 2.05) is 24.6 Å². The van der Waals surface area contributed by atoms with Crippen molar-refractivity contribution in [2.45, 2.75) is 13.3 Å². The van der Waals surface area contributed by atoms with Gasteiger partial charge in [0.15, 0.2) is 0 Å². The molecule has 0 aromatic rings. The standard InChI is InChI=1S/C9H12N/c1-2-3-8-4-6-9(10)7-5-8/h3-7H,2,10H2,1H3/q-1. The first-order valence-electron chi connectivity index (χ1n) is 3.51. The van der Waals surface area contributed by atoms with Gasteiger partial charge in [-0.25, -0.2) is 0 Å². The first-order valence-corrected chi connectivity index (χ1v) is 3.51. The molecule has 0 amide bonds. The lowest BCUT2D eigenvalue weighted by Gasteiger charge is -2.12.